The lowest BCUT2D eigenvalue weighted by Gasteiger charge is -2.38. The Morgan fingerprint density at radius 1 is 0.935 bits per heavy atom. The zero-order valence-electron chi connectivity index (χ0n) is 35.7. The lowest BCUT2D eigenvalue weighted by Crippen LogP contribution is -2.46. The van der Waals surface area contributed by atoms with Crippen molar-refractivity contribution in [3.05, 3.63) is 87.1 Å². The summed E-state index contributed by atoms with van der Waals surface area (Å²) in [7, 11) is 1.41. The van der Waals surface area contributed by atoms with Crippen LogP contribution in [0.15, 0.2) is 70.0 Å². The number of methoxy groups -OCH3 is 1. The summed E-state index contributed by atoms with van der Waals surface area (Å²) >= 11 is 3.31. The molecule has 3 aliphatic rings. The van der Waals surface area contributed by atoms with E-state index in [1.165, 1.54) is 65.2 Å². The van der Waals surface area contributed by atoms with E-state index in [-0.39, 0.29) is 39.0 Å². The Labute approximate surface area is 367 Å². The van der Waals surface area contributed by atoms with Crippen LogP contribution in [0.4, 0.5) is 5.69 Å². The zero-order valence-corrected chi connectivity index (χ0v) is 37.3. The molecule has 0 radical (unpaired) electrons. The first-order valence-electron chi connectivity index (χ1n) is 19.8. The highest BCUT2D eigenvalue weighted by Gasteiger charge is 2.50. The average molecular weight is 923 g/mol. The lowest BCUT2D eigenvalue weighted by molar-refractivity contribution is -0.160. The third kappa shape index (κ3) is 9.35. The molecule has 0 aliphatic carbocycles. The fraction of sp³-hybridized carbons (Fsp3) is 0.400. The molecule has 0 spiro atoms. The van der Waals surface area contributed by atoms with E-state index in [1.807, 2.05) is 0 Å². The van der Waals surface area contributed by atoms with Crippen LogP contribution in [0, 0.1) is 30.6 Å². The molecule has 3 heterocycles. The molecule has 0 aromatic heterocycles. The van der Waals surface area contributed by atoms with Gasteiger partial charge < -0.3 is 49.8 Å². The second-order valence-corrected chi connectivity index (χ2v) is 16.7. The number of ether oxygens (including phenoxy) is 4. The molecule has 2 amide bonds. The van der Waals surface area contributed by atoms with Crippen LogP contribution in [-0.4, -0.2) is 92.6 Å². The second kappa shape index (κ2) is 19.1. The average Bonchev–Trinajstić information content (AvgIpc) is 3.50. The van der Waals surface area contributed by atoms with E-state index >= 15 is 0 Å². The van der Waals surface area contributed by atoms with Crippen molar-refractivity contribution in [1.82, 2.24) is 5.43 Å². The number of esters is 1. The monoisotopic (exact) mass is 921 g/mol. The number of ketones is 1. The highest BCUT2D eigenvalue weighted by Crippen LogP contribution is 2.55. The number of benzene rings is 3. The lowest BCUT2D eigenvalue weighted by atomic mass is 9.78. The van der Waals surface area contributed by atoms with E-state index in [0.717, 1.165) is 16.9 Å². The predicted molar refractivity (Wildman–Crippen MR) is 233 cm³/mol. The number of hydrogen-bond acceptors (Lipinski definition) is 14. The van der Waals surface area contributed by atoms with Crippen LogP contribution in [0.25, 0.3) is 10.8 Å². The molecule has 9 atom stereocenters. The molecule has 3 aliphatic heterocycles. The maximum absolute atomic E-state index is 14.4. The van der Waals surface area contributed by atoms with Gasteiger partial charge in [0.2, 0.25) is 0 Å². The number of anilines is 1. The summed E-state index contributed by atoms with van der Waals surface area (Å²) in [6.07, 6.45) is 4.16. The van der Waals surface area contributed by atoms with Crippen LogP contribution in [0.2, 0.25) is 0 Å². The number of carbonyl (C=O) groups is 4. The number of amides is 2. The Hall–Kier alpha value is -5.75. The maximum atomic E-state index is 14.4. The van der Waals surface area contributed by atoms with E-state index < -0.39 is 106 Å². The van der Waals surface area contributed by atoms with Gasteiger partial charge in [0.15, 0.2) is 5.75 Å². The number of rotatable bonds is 5. The van der Waals surface area contributed by atoms with Gasteiger partial charge in [-0.25, -0.2) is 5.43 Å². The zero-order chi connectivity index (χ0) is 46.0. The molecule has 0 fully saturated rings. The van der Waals surface area contributed by atoms with Crippen LogP contribution < -0.4 is 15.5 Å². The van der Waals surface area contributed by atoms with Gasteiger partial charge in [0.05, 0.1) is 53.0 Å². The molecule has 3 aromatic carbocycles. The van der Waals surface area contributed by atoms with Gasteiger partial charge in [-0.3, -0.25) is 19.2 Å². The molecule has 332 valence electrons. The molecule has 0 saturated heterocycles. The Morgan fingerprint density at radius 3 is 2.23 bits per heavy atom. The van der Waals surface area contributed by atoms with Crippen LogP contribution >= 0.6 is 15.9 Å². The molecular formula is C45H52BrN3O13. The van der Waals surface area contributed by atoms with Crippen LogP contribution in [-0.2, 0) is 23.8 Å². The first-order valence-corrected chi connectivity index (χ1v) is 20.6. The number of Topliss-reactive ketones (excluding diaryl/α,β-unsaturated/α-hetero) is 1. The van der Waals surface area contributed by atoms with Crippen molar-refractivity contribution >= 4 is 62.2 Å². The summed E-state index contributed by atoms with van der Waals surface area (Å²) in [5.74, 6) is -9.83. The van der Waals surface area contributed by atoms with E-state index in [1.54, 1.807) is 45.9 Å². The molecule has 3 aromatic rings. The third-order valence-electron chi connectivity index (χ3n) is 11.5. The largest absolute Gasteiger partial charge is 0.507 e. The summed E-state index contributed by atoms with van der Waals surface area (Å²) in [5.41, 5.74) is 1.59. The summed E-state index contributed by atoms with van der Waals surface area (Å²) < 4.78 is 24.2. The van der Waals surface area contributed by atoms with E-state index in [4.69, 9.17) is 18.9 Å². The Balaban J connectivity index is 1.70. The number of hydrazone groups is 1. The molecule has 9 unspecified atom stereocenters. The Bertz CT molecular complexity index is 2380. The second-order valence-electron chi connectivity index (χ2n) is 15.8. The minimum absolute atomic E-state index is 0.00950. The minimum atomic E-state index is -2.11. The summed E-state index contributed by atoms with van der Waals surface area (Å²) in [5, 5.41) is 64.1. The maximum Gasteiger partial charge on any atom is 0.312 e. The topological polar surface area (TPSA) is 243 Å². The number of aromatic hydroxyl groups is 3. The SMILES string of the molecule is COC1/C=C/OC2(C)Oc3c(C)c(O)c4c(O)c(c(/C=N\NC(=O)c5ccc(Br)cc5)c(O)c4c3C2=O)NC(=O)/C(C)=C/C=C/C(C)C(O)C(C)C(O)C(C)C(OC(C)=O)C1C. The smallest absolute Gasteiger partial charge is 0.312 e. The number of phenols is 3. The van der Waals surface area contributed by atoms with Gasteiger partial charge >= 0.3 is 11.8 Å². The van der Waals surface area contributed by atoms with Gasteiger partial charge in [0.1, 0.15) is 23.4 Å². The fourth-order valence-electron chi connectivity index (χ4n) is 7.69. The normalized spacial score (nSPS) is 29.1. The van der Waals surface area contributed by atoms with Crippen LogP contribution in [0.3, 0.4) is 0 Å². The highest BCUT2D eigenvalue weighted by molar-refractivity contribution is 9.10. The number of fused-ring (bicyclic) bond motifs is 14. The van der Waals surface area contributed by atoms with E-state index in [9.17, 15) is 44.7 Å². The van der Waals surface area contributed by atoms with Gasteiger partial charge in [-0.2, -0.15) is 5.10 Å². The molecular weight excluding hydrogens is 870 g/mol. The molecule has 7 N–H and O–H groups in total. The van der Waals surface area contributed by atoms with Crippen LogP contribution in [0.1, 0.15) is 80.3 Å². The number of allylic oxidation sites excluding steroid dienone is 2. The van der Waals surface area contributed by atoms with E-state index in [0.29, 0.717) is 0 Å². The van der Waals surface area contributed by atoms with Gasteiger partial charge in [-0.1, -0.05) is 61.9 Å². The molecule has 6 rings (SSSR count). The molecule has 17 heteroatoms. The number of nitrogens with zero attached hydrogens (tertiary/aromatic N) is 1. The van der Waals surface area contributed by atoms with Crippen molar-refractivity contribution in [2.75, 3.05) is 12.4 Å². The van der Waals surface area contributed by atoms with Crippen molar-refractivity contribution in [3.8, 4) is 23.0 Å². The first-order chi connectivity index (χ1) is 29.1. The van der Waals surface area contributed by atoms with Crippen molar-refractivity contribution in [3.63, 3.8) is 0 Å². The van der Waals surface area contributed by atoms with Crippen molar-refractivity contribution in [1.29, 1.82) is 0 Å². The number of carbonyl (C=O) groups excluding carboxylic acids is 4. The Morgan fingerprint density at radius 2 is 1.60 bits per heavy atom. The third-order valence-corrected chi connectivity index (χ3v) is 12.0. The Kier molecular flexibility index (Phi) is 14.6. The first kappa shape index (κ1) is 47.3. The number of phenolic OH excluding ortho intramolecular Hbond substituents is 3. The van der Waals surface area contributed by atoms with Gasteiger partial charge in [0.25, 0.3) is 17.6 Å². The summed E-state index contributed by atoms with van der Waals surface area (Å²) in [4.78, 5) is 53.4. The van der Waals surface area contributed by atoms with Crippen molar-refractivity contribution in [2.45, 2.75) is 85.6 Å². The number of halogens is 1. The quantitative estimate of drug-likeness (QED) is 0.0491. The molecule has 62 heavy (non-hydrogen) atoms. The molecule has 5 bridgehead atoms. The number of nitrogens with one attached hydrogen (secondary N) is 2. The molecule has 0 saturated carbocycles. The van der Waals surface area contributed by atoms with E-state index in [2.05, 4.69) is 31.8 Å². The fourth-order valence-corrected chi connectivity index (χ4v) is 7.96. The van der Waals surface area contributed by atoms with Gasteiger partial charge in [-0.05, 0) is 44.2 Å². The number of aliphatic hydroxyl groups is 2. The number of hydrogen-bond donors (Lipinski definition) is 7. The summed E-state index contributed by atoms with van der Waals surface area (Å²) in [6.45, 7) is 12.2. The van der Waals surface area contributed by atoms with Gasteiger partial charge in [-0.15, -0.1) is 0 Å². The summed E-state index contributed by atoms with van der Waals surface area (Å²) in [6, 6.07) is 6.37. The predicted octanol–water partition coefficient (Wildman–Crippen LogP) is 6.28. The van der Waals surface area contributed by atoms with Crippen molar-refractivity contribution in [2.24, 2.45) is 28.8 Å². The van der Waals surface area contributed by atoms with Gasteiger partial charge in [0, 0.05) is 71.2 Å². The highest BCUT2D eigenvalue weighted by atomic mass is 79.9. The standard InChI is InChI=1S/C45H52BrN3O13/c1-20-11-10-12-21(2)43(57)48-34-29(19-47-49-44(58)27-13-15-28(46)16-14-27)38(54)31-32(39(34)55)37(53)25(6)41-33(31)42(56)45(8,62-41)60-18-17-30(59-9)22(3)40(61-26(7)50)24(5)36(52)23(4)35(20)51/h10-20,22-24,30,35-36,40,51-55H,1-9H3,(H,48,57)(H,49,58)/b11-10+,18-17+,21-12+,47-19-. The van der Waals surface area contributed by atoms with Crippen molar-refractivity contribution < 1.29 is 63.7 Å². The van der Waals surface area contributed by atoms with Crippen LogP contribution in [0.5, 0.6) is 23.0 Å². The number of aliphatic hydroxyl groups excluding tert-OH is 2. The molecule has 16 nitrogen and oxygen atoms in total. The minimum Gasteiger partial charge on any atom is -0.507 e.